The largest absolute Gasteiger partial charge is 0.481 e. The van der Waals surface area contributed by atoms with Gasteiger partial charge in [-0.2, -0.15) is 11.8 Å². The molecular formula is C15H20N2O3S. The zero-order valence-electron chi connectivity index (χ0n) is 12.0. The van der Waals surface area contributed by atoms with Crippen molar-refractivity contribution in [2.75, 3.05) is 23.4 Å². The molecule has 0 saturated carbocycles. The lowest BCUT2D eigenvalue weighted by atomic mass is 10.1. The van der Waals surface area contributed by atoms with Gasteiger partial charge in [-0.15, -0.1) is 0 Å². The molecule has 0 aliphatic carbocycles. The molecule has 1 aromatic rings. The fraction of sp³-hybridized carbons (Fsp3) is 0.467. The summed E-state index contributed by atoms with van der Waals surface area (Å²) >= 11 is 1.82. The van der Waals surface area contributed by atoms with Crippen LogP contribution in [0.4, 0.5) is 5.69 Å². The molecule has 114 valence electrons. The number of nitrogens with one attached hydrogen (secondary N) is 1. The molecule has 1 aromatic carbocycles. The molecule has 0 aromatic heterocycles. The molecule has 1 fully saturated rings. The molecule has 1 aliphatic rings. The van der Waals surface area contributed by atoms with Crippen LogP contribution in [-0.2, 0) is 16.1 Å². The number of nitrogens with zero attached hydrogens (tertiary/aromatic N) is 1. The first-order chi connectivity index (χ1) is 10.0. The monoisotopic (exact) mass is 308 g/mol. The topological polar surface area (TPSA) is 69.6 Å². The van der Waals surface area contributed by atoms with Crippen molar-refractivity contribution in [1.29, 1.82) is 0 Å². The normalized spacial score (nSPS) is 19.2. The number of aliphatic carboxylic acids is 1. The van der Waals surface area contributed by atoms with Crippen LogP contribution in [0.25, 0.3) is 0 Å². The lowest BCUT2D eigenvalue weighted by molar-refractivity contribution is -0.138. The number of rotatable bonds is 5. The van der Waals surface area contributed by atoms with E-state index in [0.29, 0.717) is 0 Å². The minimum Gasteiger partial charge on any atom is -0.481 e. The summed E-state index contributed by atoms with van der Waals surface area (Å²) < 4.78 is 0. The summed E-state index contributed by atoms with van der Waals surface area (Å²) in [7, 11) is 0. The van der Waals surface area contributed by atoms with E-state index in [0.717, 1.165) is 35.8 Å². The van der Waals surface area contributed by atoms with Gasteiger partial charge in [0.25, 0.3) is 0 Å². The van der Waals surface area contributed by atoms with Gasteiger partial charge in [-0.3, -0.25) is 14.5 Å². The van der Waals surface area contributed by atoms with Gasteiger partial charge < -0.3 is 10.4 Å². The Kier molecular flexibility index (Phi) is 5.64. The summed E-state index contributed by atoms with van der Waals surface area (Å²) in [4.78, 5) is 24.2. The molecule has 21 heavy (non-hydrogen) atoms. The smallest absolute Gasteiger partial charge is 0.304 e. The zero-order chi connectivity index (χ0) is 15.2. The van der Waals surface area contributed by atoms with Crippen LogP contribution < -0.4 is 5.32 Å². The fourth-order valence-corrected chi connectivity index (χ4v) is 3.55. The molecule has 1 saturated heterocycles. The van der Waals surface area contributed by atoms with Gasteiger partial charge in [0.1, 0.15) is 0 Å². The highest BCUT2D eigenvalue weighted by Gasteiger charge is 2.24. The highest BCUT2D eigenvalue weighted by molar-refractivity contribution is 7.99. The number of carboxylic acids is 1. The molecule has 1 amide bonds. The first-order valence-electron chi connectivity index (χ1n) is 6.94. The van der Waals surface area contributed by atoms with Crippen LogP contribution in [0.15, 0.2) is 24.3 Å². The van der Waals surface area contributed by atoms with Crippen LogP contribution in [-0.4, -0.2) is 46.0 Å². The second kappa shape index (κ2) is 7.47. The molecule has 2 N–H and O–H groups in total. The van der Waals surface area contributed by atoms with Crippen molar-refractivity contribution in [3.05, 3.63) is 29.8 Å². The Hall–Kier alpha value is -1.53. The summed E-state index contributed by atoms with van der Waals surface area (Å²) in [6.45, 7) is 3.14. The van der Waals surface area contributed by atoms with Gasteiger partial charge in [0.05, 0.1) is 6.42 Å². The average molecular weight is 308 g/mol. The molecule has 0 radical (unpaired) electrons. The zero-order valence-corrected chi connectivity index (χ0v) is 12.9. The van der Waals surface area contributed by atoms with Crippen molar-refractivity contribution < 1.29 is 14.7 Å². The molecule has 1 heterocycles. The van der Waals surface area contributed by atoms with Crippen LogP contribution in [0.1, 0.15) is 18.9 Å². The number of anilines is 1. The van der Waals surface area contributed by atoms with Crippen LogP contribution in [0.3, 0.4) is 0 Å². The number of carbonyl (C=O) groups excluding carboxylic acids is 1. The Labute approximate surface area is 128 Å². The van der Waals surface area contributed by atoms with Gasteiger partial charge in [0, 0.05) is 43.2 Å². The number of carboxylic acid groups (broad SMARTS) is 1. The van der Waals surface area contributed by atoms with Gasteiger partial charge in [-0.1, -0.05) is 12.1 Å². The summed E-state index contributed by atoms with van der Waals surface area (Å²) in [6, 6.07) is 7.80. The Balaban J connectivity index is 1.98. The Bertz CT molecular complexity index is 504. The maximum absolute atomic E-state index is 11.0. The Morgan fingerprint density at radius 3 is 2.71 bits per heavy atom. The number of benzene rings is 1. The Morgan fingerprint density at radius 1 is 1.38 bits per heavy atom. The standard InChI is InChI=1S/C15H20N2O3S/c1-11(18)16-13-4-2-12(3-5-13)9-17-6-7-21-10-14(17)8-15(19)20/h2-5,14H,6-10H2,1H3,(H,16,18)(H,19,20). The molecule has 1 unspecified atom stereocenters. The predicted molar refractivity (Wildman–Crippen MR) is 84.5 cm³/mol. The van der Waals surface area contributed by atoms with E-state index in [1.165, 1.54) is 6.92 Å². The molecule has 0 bridgehead atoms. The van der Waals surface area contributed by atoms with Crippen molar-refractivity contribution >= 4 is 29.3 Å². The summed E-state index contributed by atoms with van der Waals surface area (Å²) in [6.07, 6.45) is 0.191. The summed E-state index contributed by atoms with van der Waals surface area (Å²) in [5.74, 6) is 1.09. The average Bonchev–Trinajstić information content (AvgIpc) is 2.42. The molecule has 2 rings (SSSR count). The summed E-state index contributed by atoms with van der Waals surface area (Å²) in [5, 5.41) is 11.7. The SMILES string of the molecule is CC(=O)Nc1ccc(CN2CCSCC2CC(=O)O)cc1. The van der Waals surface area contributed by atoms with Gasteiger partial charge >= 0.3 is 5.97 Å². The van der Waals surface area contributed by atoms with E-state index in [1.807, 2.05) is 36.0 Å². The molecule has 1 aliphatic heterocycles. The minimum absolute atomic E-state index is 0.0858. The van der Waals surface area contributed by atoms with Crippen molar-refractivity contribution in [2.45, 2.75) is 25.9 Å². The van der Waals surface area contributed by atoms with E-state index in [2.05, 4.69) is 10.2 Å². The highest BCUT2D eigenvalue weighted by Crippen LogP contribution is 2.22. The summed E-state index contributed by atoms with van der Waals surface area (Å²) in [5.41, 5.74) is 1.91. The van der Waals surface area contributed by atoms with Crippen molar-refractivity contribution in [3.8, 4) is 0 Å². The maximum atomic E-state index is 11.0. The molecule has 5 nitrogen and oxygen atoms in total. The second-order valence-corrected chi connectivity index (χ2v) is 6.33. The van der Waals surface area contributed by atoms with E-state index in [4.69, 9.17) is 5.11 Å². The third kappa shape index (κ3) is 5.06. The van der Waals surface area contributed by atoms with Crippen LogP contribution in [0.5, 0.6) is 0 Å². The van der Waals surface area contributed by atoms with Crippen LogP contribution >= 0.6 is 11.8 Å². The number of hydrogen-bond acceptors (Lipinski definition) is 4. The number of hydrogen-bond donors (Lipinski definition) is 2. The fourth-order valence-electron chi connectivity index (χ4n) is 2.42. The van der Waals surface area contributed by atoms with Gasteiger partial charge in [0.15, 0.2) is 0 Å². The maximum Gasteiger partial charge on any atom is 0.304 e. The molecule has 0 spiro atoms. The van der Waals surface area contributed by atoms with Crippen molar-refractivity contribution in [1.82, 2.24) is 4.90 Å². The Morgan fingerprint density at radius 2 is 2.10 bits per heavy atom. The number of thioether (sulfide) groups is 1. The van der Waals surface area contributed by atoms with Gasteiger partial charge in [0.2, 0.25) is 5.91 Å². The minimum atomic E-state index is -0.742. The van der Waals surface area contributed by atoms with Crippen LogP contribution in [0.2, 0.25) is 0 Å². The predicted octanol–water partition coefficient (Wildman–Crippen LogP) is 2.04. The van der Waals surface area contributed by atoms with E-state index < -0.39 is 5.97 Å². The van der Waals surface area contributed by atoms with E-state index >= 15 is 0 Å². The third-order valence-electron chi connectivity index (χ3n) is 3.42. The van der Waals surface area contributed by atoms with Crippen molar-refractivity contribution in [2.24, 2.45) is 0 Å². The molecule has 1 atom stereocenters. The van der Waals surface area contributed by atoms with E-state index in [1.54, 1.807) is 0 Å². The van der Waals surface area contributed by atoms with Gasteiger partial charge in [-0.05, 0) is 17.7 Å². The number of amides is 1. The van der Waals surface area contributed by atoms with Gasteiger partial charge in [-0.25, -0.2) is 0 Å². The first-order valence-corrected chi connectivity index (χ1v) is 8.10. The first kappa shape index (κ1) is 15.9. The van der Waals surface area contributed by atoms with E-state index in [-0.39, 0.29) is 18.4 Å². The lowest BCUT2D eigenvalue weighted by Gasteiger charge is -2.34. The second-order valence-electron chi connectivity index (χ2n) is 5.18. The molecule has 6 heteroatoms. The number of carbonyl (C=O) groups is 2. The van der Waals surface area contributed by atoms with Crippen LogP contribution in [0, 0.1) is 0 Å². The highest BCUT2D eigenvalue weighted by atomic mass is 32.2. The van der Waals surface area contributed by atoms with E-state index in [9.17, 15) is 9.59 Å². The quantitative estimate of drug-likeness (QED) is 0.871. The van der Waals surface area contributed by atoms with Crippen molar-refractivity contribution in [3.63, 3.8) is 0 Å². The lowest BCUT2D eigenvalue weighted by Crippen LogP contribution is -2.42. The molecular weight excluding hydrogens is 288 g/mol. The third-order valence-corrected chi connectivity index (χ3v) is 4.51.